The summed E-state index contributed by atoms with van der Waals surface area (Å²) in [5, 5.41) is 5.25. The van der Waals surface area contributed by atoms with E-state index in [2.05, 4.69) is 10.3 Å². The summed E-state index contributed by atoms with van der Waals surface area (Å²) in [5.74, 6) is 1.43. The molecule has 2 heterocycles. The summed E-state index contributed by atoms with van der Waals surface area (Å²) >= 11 is 2.87. The highest BCUT2D eigenvalue weighted by Crippen LogP contribution is 2.34. The van der Waals surface area contributed by atoms with E-state index in [1.807, 2.05) is 49.4 Å². The van der Waals surface area contributed by atoms with Crippen LogP contribution in [0.1, 0.15) is 5.56 Å². The third-order valence-electron chi connectivity index (χ3n) is 4.34. The number of aryl methyl sites for hydroxylation is 1. The zero-order valence-electron chi connectivity index (χ0n) is 16.2. The number of hydrogen-bond donors (Lipinski definition) is 1. The van der Waals surface area contributed by atoms with Crippen LogP contribution in [0.15, 0.2) is 47.5 Å². The lowest BCUT2D eigenvalue weighted by Gasteiger charge is -2.11. The van der Waals surface area contributed by atoms with Gasteiger partial charge in [-0.25, -0.2) is 9.97 Å². The van der Waals surface area contributed by atoms with Crippen molar-refractivity contribution in [3.8, 4) is 11.5 Å². The van der Waals surface area contributed by atoms with E-state index in [0.717, 1.165) is 31.7 Å². The number of thioether (sulfide) groups is 1. The molecule has 29 heavy (non-hydrogen) atoms. The molecule has 0 spiro atoms. The lowest BCUT2D eigenvalue weighted by molar-refractivity contribution is -0.113. The number of carbonyl (C=O) groups excluding carboxylic acids is 1. The molecule has 0 fully saturated rings. The number of para-hydroxylation sites is 1. The van der Waals surface area contributed by atoms with Crippen LogP contribution in [0.25, 0.3) is 21.1 Å². The second-order valence-electron chi connectivity index (χ2n) is 6.33. The highest BCUT2D eigenvalue weighted by molar-refractivity contribution is 8.00. The molecule has 2 aromatic carbocycles. The van der Waals surface area contributed by atoms with Gasteiger partial charge in [-0.3, -0.25) is 4.79 Å². The lowest BCUT2D eigenvalue weighted by atomic mass is 10.1. The highest BCUT2D eigenvalue weighted by atomic mass is 32.2. The monoisotopic (exact) mass is 425 g/mol. The molecule has 8 heteroatoms. The Kier molecular flexibility index (Phi) is 5.55. The third-order valence-corrected chi connectivity index (χ3v) is 6.39. The van der Waals surface area contributed by atoms with Gasteiger partial charge in [0.2, 0.25) is 5.91 Å². The number of carbonyl (C=O) groups is 1. The molecule has 0 aliphatic heterocycles. The molecular weight excluding hydrogens is 406 g/mol. The minimum atomic E-state index is -0.109. The van der Waals surface area contributed by atoms with E-state index in [-0.39, 0.29) is 11.7 Å². The van der Waals surface area contributed by atoms with Gasteiger partial charge in [0.25, 0.3) is 0 Å². The number of thiazole rings is 1. The number of pyridine rings is 1. The van der Waals surface area contributed by atoms with E-state index < -0.39 is 0 Å². The highest BCUT2D eigenvalue weighted by Gasteiger charge is 2.13. The normalized spacial score (nSPS) is 11.0. The van der Waals surface area contributed by atoms with Gasteiger partial charge in [-0.1, -0.05) is 35.2 Å². The van der Waals surface area contributed by atoms with Gasteiger partial charge in [0.1, 0.15) is 5.03 Å². The maximum Gasteiger partial charge on any atom is 0.236 e. The van der Waals surface area contributed by atoms with E-state index in [9.17, 15) is 4.79 Å². The zero-order chi connectivity index (χ0) is 20.4. The van der Waals surface area contributed by atoms with E-state index >= 15 is 0 Å². The number of amides is 1. The second-order valence-corrected chi connectivity index (χ2v) is 8.33. The molecule has 0 aliphatic carbocycles. The van der Waals surface area contributed by atoms with Crippen LogP contribution in [0.5, 0.6) is 11.5 Å². The van der Waals surface area contributed by atoms with Gasteiger partial charge in [0.15, 0.2) is 16.6 Å². The first-order chi connectivity index (χ1) is 14.1. The molecule has 1 N–H and O–H groups in total. The van der Waals surface area contributed by atoms with Gasteiger partial charge in [0, 0.05) is 11.5 Å². The number of methoxy groups -OCH3 is 2. The molecule has 1 amide bonds. The van der Waals surface area contributed by atoms with Gasteiger partial charge in [-0.2, -0.15) is 0 Å². The quantitative estimate of drug-likeness (QED) is 0.443. The summed E-state index contributed by atoms with van der Waals surface area (Å²) < 4.78 is 11.8. The molecule has 4 aromatic rings. The molecule has 0 aliphatic rings. The summed E-state index contributed by atoms with van der Waals surface area (Å²) in [6.45, 7) is 1.98. The Balaban J connectivity index is 1.49. The van der Waals surface area contributed by atoms with Crippen LogP contribution in [0.2, 0.25) is 0 Å². The largest absolute Gasteiger partial charge is 0.493 e. The Hall–Kier alpha value is -2.84. The fourth-order valence-corrected chi connectivity index (χ4v) is 4.62. The van der Waals surface area contributed by atoms with Gasteiger partial charge in [-0.05, 0) is 36.8 Å². The predicted octanol–water partition coefficient (Wildman–Crippen LogP) is 4.90. The van der Waals surface area contributed by atoms with Crippen molar-refractivity contribution in [1.29, 1.82) is 0 Å². The molecule has 0 atom stereocenters. The number of nitrogens with one attached hydrogen (secondary N) is 1. The van der Waals surface area contributed by atoms with Crippen LogP contribution in [-0.4, -0.2) is 35.8 Å². The van der Waals surface area contributed by atoms with E-state index in [1.54, 1.807) is 14.2 Å². The Morgan fingerprint density at radius 3 is 2.59 bits per heavy atom. The second kappa shape index (κ2) is 8.26. The summed E-state index contributed by atoms with van der Waals surface area (Å²) in [5.41, 5.74) is 2.68. The minimum Gasteiger partial charge on any atom is -0.493 e. The molecule has 0 saturated heterocycles. The van der Waals surface area contributed by atoms with E-state index in [4.69, 9.17) is 14.5 Å². The fourth-order valence-electron chi connectivity index (χ4n) is 2.95. The van der Waals surface area contributed by atoms with Crippen LogP contribution >= 0.6 is 23.1 Å². The Bertz CT molecular complexity index is 1170. The summed E-state index contributed by atoms with van der Waals surface area (Å²) in [7, 11) is 3.21. The fraction of sp³-hybridized carbons (Fsp3) is 0.190. The summed E-state index contributed by atoms with van der Waals surface area (Å²) in [4.78, 5) is 21.5. The Morgan fingerprint density at radius 2 is 1.83 bits per heavy atom. The molecular formula is C21H19N3O3S2. The zero-order valence-corrected chi connectivity index (χ0v) is 17.8. The SMILES string of the molecule is COc1cc2cc(C)c(SCC(=O)Nc3nc4ccccc4s3)nc2cc1OC. The predicted molar refractivity (Wildman–Crippen MR) is 119 cm³/mol. The van der Waals surface area contributed by atoms with Crippen molar-refractivity contribution in [3.63, 3.8) is 0 Å². The number of anilines is 1. The van der Waals surface area contributed by atoms with Gasteiger partial charge in [0.05, 0.1) is 35.7 Å². The van der Waals surface area contributed by atoms with E-state index in [1.165, 1.54) is 23.1 Å². The first-order valence-electron chi connectivity index (χ1n) is 8.89. The maximum absolute atomic E-state index is 12.4. The number of nitrogens with zero attached hydrogens (tertiary/aromatic N) is 2. The van der Waals surface area contributed by atoms with Crippen molar-refractivity contribution in [2.45, 2.75) is 11.9 Å². The summed E-state index contributed by atoms with van der Waals surface area (Å²) in [6.07, 6.45) is 0. The smallest absolute Gasteiger partial charge is 0.236 e. The number of hydrogen-bond acceptors (Lipinski definition) is 7. The van der Waals surface area contributed by atoms with Crippen LogP contribution in [0.3, 0.4) is 0 Å². The lowest BCUT2D eigenvalue weighted by Crippen LogP contribution is -2.14. The molecule has 0 saturated carbocycles. The molecule has 4 rings (SSSR count). The van der Waals surface area contributed by atoms with Crippen molar-refractivity contribution in [2.24, 2.45) is 0 Å². The Morgan fingerprint density at radius 1 is 1.07 bits per heavy atom. The number of rotatable bonds is 6. The maximum atomic E-state index is 12.4. The molecule has 0 radical (unpaired) electrons. The standard InChI is InChI=1S/C21H19N3O3S2/c1-12-8-13-9-16(26-2)17(27-3)10-15(13)22-20(12)28-11-19(25)24-21-23-14-6-4-5-7-18(14)29-21/h4-10H,11H2,1-3H3,(H,23,24,25). The topological polar surface area (TPSA) is 73.3 Å². The van der Waals surface area contributed by atoms with Crippen molar-refractivity contribution in [1.82, 2.24) is 9.97 Å². The number of ether oxygens (including phenoxy) is 2. The van der Waals surface area contributed by atoms with Crippen molar-refractivity contribution in [3.05, 3.63) is 48.0 Å². The molecule has 0 bridgehead atoms. The first-order valence-corrected chi connectivity index (χ1v) is 10.7. The van der Waals surface area contributed by atoms with E-state index in [0.29, 0.717) is 16.6 Å². The third kappa shape index (κ3) is 4.13. The molecule has 0 unspecified atom stereocenters. The average Bonchev–Trinajstić information content (AvgIpc) is 3.13. The summed E-state index contributed by atoms with van der Waals surface area (Å²) in [6, 6.07) is 13.6. The number of fused-ring (bicyclic) bond motifs is 2. The Labute approximate surface area is 176 Å². The van der Waals surface area contributed by atoms with Crippen molar-refractivity contribution < 1.29 is 14.3 Å². The van der Waals surface area contributed by atoms with Crippen LogP contribution in [-0.2, 0) is 4.79 Å². The molecule has 148 valence electrons. The van der Waals surface area contributed by atoms with Gasteiger partial charge < -0.3 is 14.8 Å². The van der Waals surface area contributed by atoms with Gasteiger partial charge in [-0.15, -0.1) is 0 Å². The van der Waals surface area contributed by atoms with Crippen LogP contribution in [0, 0.1) is 6.92 Å². The van der Waals surface area contributed by atoms with Crippen LogP contribution in [0.4, 0.5) is 5.13 Å². The van der Waals surface area contributed by atoms with Crippen LogP contribution < -0.4 is 14.8 Å². The number of aromatic nitrogens is 2. The molecule has 6 nitrogen and oxygen atoms in total. The first kappa shape index (κ1) is 19.5. The van der Waals surface area contributed by atoms with Crippen molar-refractivity contribution in [2.75, 3.05) is 25.3 Å². The minimum absolute atomic E-state index is 0.109. The number of benzene rings is 2. The van der Waals surface area contributed by atoms with Gasteiger partial charge >= 0.3 is 0 Å². The average molecular weight is 426 g/mol. The molecule has 2 aromatic heterocycles. The van der Waals surface area contributed by atoms with Crippen molar-refractivity contribution >= 4 is 55.3 Å².